The Morgan fingerprint density at radius 2 is 1.95 bits per heavy atom. The lowest BCUT2D eigenvalue weighted by atomic mass is 10.4. The van der Waals surface area contributed by atoms with Gasteiger partial charge in [-0.25, -0.2) is 4.98 Å². The molecule has 1 aromatic carbocycles. The lowest BCUT2D eigenvalue weighted by molar-refractivity contribution is 0.272. The van der Waals surface area contributed by atoms with Gasteiger partial charge in [0, 0.05) is 16.1 Å². The van der Waals surface area contributed by atoms with Crippen molar-refractivity contribution in [3.8, 4) is 0 Å². The molecule has 0 unspecified atom stereocenters. The molecule has 0 saturated heterocycles. The molecule has 0 aliphatic rings. The van der Waals surface area contributed by atoms with Crippen LogP contribution in [-0.2, 0) is 6.61 Å². The zero-order valence-electron chi connectivity index (χ0n) is 9.95. The van der Waals surface area contributed by atoms with Crippen LogP contribution in [0.3, 0.4) is 0 Å². The van der Waals surface area contributed by atoms with Gasteiger partial charge in [0.05, 0.1) is 12.3 Å². The van der Waals surface area contributed by atoms with Crippen LogP contribution in [-0.4, -0.2) is 14.5 Å². The van der Waals surface area contributed by atoms with Gasteiger partial charge in [0.15, 0.2) is 0 Å². The molecule has 1 N–H and O–H groups in total. The van der Waals surface area contributed by atoms with Gasteiger partial charge < -0.3 is 9.51 Å². The number of rotatable bonds is 3. The molecule has 19 heavy (non-hydrogen) atoms. The SMILES string of the molecule is OCc1c(Sc2ccc(Cl)cc2)nc2ccccn12. The van der Waals surface area contributed by atoms with Gasteiger partial charge in [-0.2, -0.15) is 0 Å². The summed E-state index contributed by atoms with van der Waals surface area (Å²) in [5.74, 6) is 0. The second kappa shape index (κ2) is 5.25. The van der Waals surface area contributed by atoms with E-state index < -0.39 is 0 Å². The fourth-order valence-corrected chi connectivity index (χ4v) is 2.91. The molecule has 0 amide bonds. The minimum atomic E-state index is -0.0406. The van der Waals surface area contributed by atoms with Crippen molar-refractivity contribution in [3.05, 3.63) is 59.4 Å². The molecule has 2 heterocycles. The predicted molar refractivity (Wildman–Crippen MR) is 76.7 cm³/mol. The Balaban J connectivity index is 2.02. The van der Waals surface area contributed by atoms with Gasteiger partial charge in [-0.15, -0.1) is 0 Å². The van der Waals surface area contributed by atoms with Crippen LogP contribution >= 0.6 is 23.4 Å². The third-order valence-electron chi connectivity index (χ3n) is 2.77. The average Bonchev–Trinajstić information content (AvgIpc) is 2.78. The highest BCUT2D eigenvalue weighted by molar-refractivity contribution is 7.99. The van der Waals surface area contributed by atoms with Crippen molar-refractivity contribution in [2.24, 2.45) is 0 Å². The van der Waals surface area contributed by atoms with Gasteiger partial charge >= 0.3 is 0 Å². The highest BCUT2D eigenvalue weighted by atomic mass is 35.5. The minimum absolute atomic E-state index is 0.0406. The summed E-state index contributed by atoms with van der Waals surface area (Å²) in [6, 6.07) is 13.4. The number of hydrogen-bond donors (Lipinski definition) is 1. The first-order valence-corrected chi connectivity index (χ1v) is 6.97. The first kappa shape index (κ1) is 12.5. The van der Waals surface area contributed by atoms with E-state index >= 15 is 0 Å². The van der Waals surface area contributed by atoms with Gasteiger partial charge in [-0.05, 0) is 36.4 Å². The number of benzene rings is 1. The summed E-state index contributed by atoms with van der Waals surface area (Å²) in [6.45, 7) is -0.0406. The van der Waals surface area contributed by atoms with Gasteiger partial charge in [-0.3, -0.25) is 0 Å². The van der Waals surface area contributed by atoms with E-state index in [-0.39, 0.29) is 6.61 Å². The summed E-state index contributed by atoms with van der Waals surface area (Å²) < 4.78 is 1.90. The molecule has 96 valence electrons. The van der Waals surface area contributed by atoms with Crippen LogP contribution in [0.5, 0.6) is 0 Å². The zero-order valence-corrected chi connectivity index (χ0v) is 11.5. The van der Waals surface area contributed by atoms with E-state index in [1.54, 1.807) is 0 Å². The van der Waals surface area contributed by atoms with E-state index in [9.17, 15) is 5.11 Å². The minimum Gasteiger partial charge on any atom is -0.390 e. The van der Waals surface area contributed by atoms with Crippen LogP contribution in [0.2, 0.25) is 5.02 Å². The molecule has 0 saturated carbocycles. The molecule has 0 aliphatic carbocycles. The second-order valence-electron chi connectivity index (χ2n) is 4.01. The van der Waals surface area contributed by atoms with Crippen LogP contribution in [0, 0.1) is 0 Å². The van der Waals surface area contributed by atoms with Crippen molar-refractivity contribution in [2.45, 2.75) is 16.5 Å². The number of aliphatic hydroxyl groups is 1. The average molecular weight is 291 g/mol. The largest absolute Gasteiger partial charge is 0.390 e. The number of imidazole rings is 1. The molecular weight excluding hydrogens is 280 g/mol. The maximum atomic E-state index is 9.53. The van der Waals surface area contributed by atoms with Crippen LogP contribution in [0.15, 0.2) is 58.6 Å². The van der Waals surface area contributed by atoms with E-state index in [0.29, 0.717) is 5.02 Å². The Bertz CT molecular complexity index is 709. The highest BCUT2D eigenvalue weighted by Gasteiger charge is 2.12. The van der Waals surface area contributed by atoms with Crippen LogP contribution in [0.1, 0.15) is 5.69 Å². The predicted octanol–water partition coefficient (Wildman–Crippen LogP) is 3.63. The van der Waals surface area contributed by atoms with E-state index in [0.717, 1.165) is 21.3 Å². The molecule has 0 aliphatic heterocycles. The van der Waals surface area contributed by atoms with Crippen molar-refractivity contribution in [1.29, 1.82) is 0 Å². The fraction of sp³-hybridized carbons (Fsp3) is 0.0714. The summed E-state index contributed by atoms with van der Waals surface area (Å²) in [5, 5.41) is 11.1. The van der Waals surface area contributed by atoms with Crippen molar-refractivity contribution >= 4 is 29.0 Å². The van der Waals surface area contributed by atoms with Crippen molar-refractivity contribution < 1.29 is 5.11 Å². The summed E-state index contributed by atoms with van der Waals surface area (Å²) in [7, 11) is 0. The number of fused-ring (bicyclic) bond motifs is 1. The van der Waals surface area contributed by atoms with E-state index in [4.69, 9.17) is 11.6 Å². The Labute approximate surface area is 119 Å². The van der Waals surface area contributed by atoms with Gasteiger partial charge in [0.25, 0.3) is 0 Å². The normalized spacial score (nSPS) is 11.1. The number of aromatic nitrogens is 2. The van der Waals surface area contributed by atoms with Crippen LogP contribution in [0.25, 0.3) is 5.65 Å². The summed E-state index contributed by atoms with van der Waals surface area (Å²) >= 11 is 7.39. The van der Waals surface area contributed by atoms with E-state index in [1.165, 1.54) is 11.8 Å². The second-order valence-corrected chi connectivity index (χ2v) is 5.51. The molecule has 0 spiro atoms. The molecule has 3 aromatic rings. The fourth-order valence-electron chi connectivity index (χ4n) is 1.86. The summed E-state index contributed by atoms with van der Waals surface area (Å²) in [5.41, 5.74) is 1.64. The number of pyridine rings is 1. The molecular formula is C14H11ClN2OS. The quantitative estimate of drug-likeness (QED) is 0.800. The molecule has 0 bridgehead atoms. The van der Waals surface area contributed by atoms with Crippen LogP contribution < -0.4 is 0 Å². The molecule has 2 aromatic heterocycles. The van der Waals surface area contributed by atoms with Crippen molar-refractivity contribution in [3.63, 3.8) is 0 Å². The number of hydrogen-bond acceptors (Lipinski definition) is 3. The Morgan fingerprint density at radius 1 is 1.16 bits per heavy atom. The van der Waals surface area contributed by atoms with E-state index in [1.807, 2.05) is 53.1 Å². The molecule has 0 atom stereocenters. The smallest absolute Gasteiger partial charge is 0.138 e. The monoisotopic (exact) mass is 290 g/mol. The van der Waals surface area contributed by atoms with Gasteiger partial charge in [-0.1, -0.05) is 29.4 Å². The van der Waals surface area contributed by atoms with E-state index in [2.05, 4.69) is 4.98 Å². The molecule has 3 nitrogen and oxygen atoms in total. The van der Waals surface area contributed by atoms with Crippen molar-refractivity contribution in [1.82, 2.24) is 9.38 Å². The third-order valence-corrected chi connectivity index (χ3v) is 4.05. The summed E-state index contributed by atoms with van der Waals surface area (Å²) in [4.78, 5) is 5.58. The lowest BCUT2D eigenvalue weighted by Gasteiger charge is -2.01. The highest BCUT2D eigenvalue weighted by Crippen LogP contribution is 2.31. The lowest BCUT2D eigenvalue weighted by Crippen LogP contribution is -1.92. The van der Waals surface area contributed by atoms with Crippen LogP contribution in [0.4, 0.5) is 0 Å². The Morgan fingerprint density at radius 3 is 2.68 bits per heavy atom. The Hall–Kier alpha value is -1.49. The maximum Gasteiger partial charge on any atom is 0.138 e. The third kappa shape index (κ3) is 2.47. The maximum absolute atomic E-state index is 9.53. The Kier molecular flexibility index (Phi) is 3.46. The summed E-state index contributed by atoms with van der Waals surface area (Å²) in [6.07, 6.45) is 1.90. The number of nitrogens with zero attached hydrogens (tertiary/aromatic N) is 2. The molecule has 5 heteroatoms. The first-order chi connectivity index (χ1) is 9.28. The zero-order chi connectivity index (χ0) is 13.2. The van der Waals surface area contributed by atoms with Crippen molar-refractivity contribution in [2.75, 3.05) is 0 Å². The first-order valence-electron chi connectivity index (χ1n) is 5.78. The number of halogens is 1. The van der Waals surface area contributed by atoms with Gasteiger partial charge in [0.1, 0.15) is 10.7 Å². The molecule has 3 rings (SSSR count). The standard InChI is InChI=1S/C14H11ClN2OS/c15-10-4-6-11(7-5-10)19-14-12(9-18)17-8-2-1-3-13(17)16-14/h1-8,18H,9H2. The van der Waals surface area contributed by atoms with Gasteiger partial charge in [0.2, 0.25) is 0 Å². The number of aliphatic hydroxyl groups excluding tert-OH is 1. The molecule has 0 fully saturated rings. The molecule has 0 radical (unpaired) electrons. The topological polar surface area (TPSA) is 37.5 Å².